The lowest BCUT2D eigenvalue weighted by molar-refractivity contribution is -0.273. The fourth-order valence-corrected chi connectivity index (χ4v) is 11.1. The minimum atomic E-state index is -0.314. The lowest BCUT2D eigenvalue weighted by atomic mass is 9.44. The lowest BCUT2D eigenvalue weighted by Crippen LogP contribution is -2.55. The molecule has 0 aromatic heterocycles. The predicted octanol–water partition coefficient (Wildman–Crippen LogP) is 7.66. The van der Waals surface area contributed by atoms with Crippen molar-refractivity contribution in [1.29, 1.82) is 0 Å². The normalized spacial score (nSPS) is 51.5. The first kappa shape index (κ1) is 25.6. The van der Waals surface area contributed by atoms with Gasteiger partial charge in [0.25, 0.3) is 0 Å². The zero-order valence-corrected chi connectivity index (χ0v) is 24.0. The SMILES string of the molecule is C[C@@H]1CC[C@]2(OC1)O[C@H]1C[C@H]3[C@@H]4CC[C@@H]5C[C@H](OC(=O)c6ccccc6)CC[C@]5(C)[C@H]4CC[C@]3(C)[C@@H]1[C@@H]2C. The van der Waals surface area contributed by atoms with E-state index >= 15 is 0 Å². The van der Waals surface area contributed by atoms with Crippen LogP contribution in [-0.2, 0) is 14.2 Å². The maximum absolute atomic E-state index is 12.7. The minimum Gasteiger partial charge on any atom is -0.459 e. The van der Waals surface area contributed by atoms with Crippen LogP contribution in [0.2, 0.25) is 0 Å². The highest BCUT2D eigenvalue weighted by Gasteiger charge is 2.69. The van der Waals surface area contributed by atoms with Gasteiger partial charge in [0.05, 0.1) is 18.3 Å². The van der Waals surface area contributed by atoms with Crippen molar-refractivity contribution in [1.82, 2.24) is 0 Å². The van der Waals surface area contributed by atoms with Gasteiger partial charge in [-0.3, -0.25) is 0 Å². The Kier molecular flexibility index (Phi) is 6.10. The molecule has 7 rings (SSSR count). The van der Waals surface area contributed by atoms with E-state index in [9.17, 15) is 4.79 Å². The Morgan fingerprint density at radius 2 is 1.68 bits per heavy atom. The summed E-state index contributed by atoms with van der Waals surface area (Å²) < 4.78 is 19.5. The zero-order valence-electron chi connectivity index (χ0n) is 24.0. The standard InChI is InChI=1S/C34H48O4/c1-21-12-17-34(36-20-21)22(2)30-29(38-34)19-28-26-11-10-24-18-25(37-31(35)23-8-6-5-7-9-23)13-15-32(24,3)27(26)14-16-33(28,30)4/h5-9,21-22,24-30H,10-20H2,1-4H3/t21-,22+,24-,25-,26-,27+,28+,29+,30-,32+,33+,34+/m1/s1. The second-order valence-corrected chi connectivity index (χ2v) is 14.8. The second kappa shape index (κ2) is 9.06. The van der Waals surface area contributed by atoms with Crippen LogP contribution in [0, 0.1) is 52.3 Å². The highest BCUT2D eigenvalue weighted by atomic mass is 16.7. The molecule has 1 spiro atoms. The summed E-state index contributed by atoms with van der Waals surface area (Å²) in [5.74, 6) is 4.41. The summed E-state index contributed by atoms with van der Waals surface area (Å²) in [6, 6.07) is 9.51. The van der Waals surface area contributed by atoms with Gasteiger partial charge in [-0.25, -0.2) is 4.79 Å². The van der Waals surface area contributed by atoms with Gasteiger partial charge in [-0.05, 0) is 116 Å². The van der Waals surface area contributed by atoms with Gasteiger partial charge in [-0.1, -0.05) is 45.9 Å². The number of fused-ring (bicyclic) bond motifs is 7. The van der Waals surface area contributed by atoms with Crippen LogP contribution < -0.4 is 0 Å². The van der Waals surface area contributed by atoms with Crippen LogP contribution in [0.4, 0.5) is 0 Å². The van der Waals surface area contributed by atoms with Crippen molar-refractivity contribution in [3.8, 4) is 0 Å². The van der Waals surface area contributed by atoms with E-state index in [2.05, 4.69) is 27.7 Å². The molecule has 12 atom stereocenters. The number of benzene rings is 1. The summed E-state index contributed by atoms with van der Waals surface area (Å²) in [4.78, 5) is 12.7. The van der Waals surface area contributed by atoms with Crippen molar-refractivity contribution in [2.75, 3.05) is 6.61 Å². The number of hydrogen-bond acceptors (Lipinski definition) is 4. The van der Waals surface area contributed by atoms with Gasteiger partial charge in [-0.15, -0.1) is 0 Å². The van der Waals surface area contributed by atoms with Crippen LogP contribution in [0.5, 0.6) is 0 Å². The predicted molar refractivity (Wildman–Crippen MR) is 147 cm³/mol. The van der Waals surface area contributed by atoms with Crippen molar-refractivity contribution in [3.05, 3.63) is 35.9 Å². The molecule has 1 aromatic carbocycles. The Balaban J connectivity index is 1.05. The molecule has 2 heterocycles. The third-order valence-electron chi connectivity index (χ3n) is 13.2. The third-order valence-corrected chi connectivity index (χ3v) is 13.2. The van der Waals surface area contributed by atoms with E-state index in [0.717, 1.165) is 43.6 Å². The van der Waals surface area contributed by atoms with Crippen LogP contribution in [0.3, 0.4) is 0 Å². The van der Waals surface area contributed by atoms with Crippen molar-refractivity contribution in [2.24, 2.45) is 52.3 Å². The molecule has 38 heavy (non-hydrogen) atoms. The summed E-state index contributed by atoms with van der Waals surface area (Å²) >= 11 is 0. The van der Waals surface area contributed by atoms with Crippen LogP contribution >= 0.6 is 0 Å². The molecule has 0 bridgehead atoms. The second-order valence-electron chi connectivity index (χ2n) is 14.8. The number of hydrogen-bond donors (Lipinski definition) is 0. The molecule has 0 radical (unpaired) electrons. The third kappa shape index (κ3) is 3.71. The summed E-state index contributed by atoms with van der Waals surface area (Å²) in [6.45, 7) is 10.9. The molecule has 4 saturated carbocycles. The molecule has 4 nitrogen and oxygen atoms in total. The molecule has 4 heteroatoms. The molecule has 0 amide bonds. The summed E-state index contributed by atoms with van der Waals surface area (Å²) in [6.07, 6.45) is 12.6. The highest BCUT2D eigenvalue weighted by molar-refractivity contribution is 5.89. The summed E-state index contributed by atoms with van der Waals surface area (Å²) in [5, 5.41) is 0. The largest absolute Gasteiger partial charge is 0.459 e. The van der Waals surface area contributed by atoms with Crippen molar-refractivity contribution in [2.45, 2.75) is 110 Å². The van der Waals surface area contributed by atoms with Gasteiger partial charge in [0.1, 0.15) is 6.10 Å². The first-order valence-electron chi connectivity index (χ1n) is 15.8. The van der Waals surface area contributed by atoms with Crippen LogP contribution in [0.15, 0.2) is 30.3 Å². The average molecular weight is 521 g/mol. The van der Waals surface area contributed by atoms with Gasteiger partial charge in [-0.2, -0.15) is 0 Å². The van der Waals surface area contributed by atoms with Crippen LogP contribution in [0.1, 0.15) is 102 Å². The maximum atomic E-state index is 12.7. The Morgan fingerprint density at radius 1 is 0.895 bits per heavy atom. The molecular formula is C34H48O4. The fourth-order valence-electron chi connectivity index (χ4n) is 11.1. The van der Waals surface area contributed by atoms with E-state index in [4.69, 9.17) is 14.2 Å². The molecule has 0 N–H and O–H groups in total. The number of rotatable bonds is 2. The Labute approximate surface area is 229 Å². The summed E-state index contributed by atoms with van der Waals surface area (Å²) in [5.41, 5.74) is 1.44. The van der Waals surface area contributed by atoms with Crippen LogP contribution in [0.25, 0.3) is 0 Å². The van der Waals surface area contributed by atoms with E-state index < -0.39 is 0 Å². The monoisotopic (exact) mass is 520 g/mol. The lowest BCUT2D eigenvalue weighted by Gasteiger charge is -2.61. The van der Waals surface area contributed by atoms with E-state index in [0.29, 0.717) is 46.2 Å². The average Bonchev–Trinajstić information content (AvgIpc) is 3.36. The molecule has 6 aliphatic rings. The highest BCUT2D eigenvalue weighted by Crippen LogP contribution is 2.71. The Morgan fingerprint density at radius 3 is 2.45 bits per heavy atom. The minimum absolute atomic E-state index is 0.0701. The summed E-state index contributed by atoms with van der Waals surface area (Å²) in [7, 11) is 0. The van der Waals surface area contributed by atoms with Gasteiger partial charge in [0.15, 0.2) is 5.79 Å². The number of carbonyl (C=O) groups is 1. The van der Waals surface area contributed by atoms with Crippen LogP contribution in [-0.4, -0.2) is 30.6 Å². The topological polar surface area (TPSA) is 44.8 Å². The molecule has 0 unspecified atom stereocenters. The number of ether oxygens (including phenoxy) is 3. The van der Waals surface area contributed by atoms with Gasteiger partial charge >= 0.3 is 5.97 Å². The van der Waals surface area contributed by atoms with E-state index in [-0.39, 0.29) is 17.9 Å². The molecule has 1 aromatic rings. The quantitative estimate of drug-likeness (QED) is 0.376. The van der Waals surface area contributed by atoms with Crippen molar-refractivity contribution in [3.63, 3.8) is 0 Å². The van der Waals surface area contributed by atoms with Gasteiger partial charge in [0, 0.05) is 12.3 Å². The van der Waals surface area contributed by atoms with E-state index in [1.807, 2.05) is 30.3 Å². The van der Waals surface area contributed by atoms with E-state index in [1.54, 1.807) is 0 Å². The molecule has 6 fully saturated rings. The molecule has 4 aliphatic carbocycles. The maximum Gasteiger partial charge on any atom is 0.338 e. The first-order chi connectivity index (χ1) is 18.2. The number of esters is 1. The van der Waals surface area contributed by atoms with Gasteiger partial charge < -0.3 is 14.2 Å². The molecule has 2 saturated heterocycles. The van der Waals surface area contributed by atoms with E-state index in [1.165, 1.54) is 44.9 Å². The number of carbonyl (C=O) groups excluding carboxylic acids is 1. The molecular weight excluding hydrogens is 472 g/mol. The fraction of sp³-hybridized carbons (Fsp3) is 0.794. The Hall–Kier alpha value is -1.39. The van der Waals surface area contributed by atoms with Crippen molar-refractivity contribution < 1.29 is 19.0 Å². The Bertz CT molecular complexity index is 1050. The van der Waals surface area contributed by atoms with Crippen molar-refractivity contribution >= 4 is 5.97 Å². The van der Waals surface area contributed by atoms with Gasteiger partial charge in [0.2, 0.25) is 0 Å². The first-order valence-corrected chi connectivity index (χ1v) is 15.8. The zero-order chi connectivity index (χ0) is 26.3. The smallest absolute Gasteiger partial charge is 0.338 e. The molecule has 2 aliphatic heterocycles. The molecule has 208 valence electrons.